The zero-order valence-electron chi connectivity index (χ0n) is 9.62. The van der Waals surface area contributed by atoms with Crippen LogP contribution in [0.25, 0.3) is 0 Å². The highest BCUT2D eigenvalue weighted by Gasteiger charge is 2.17. The highest BCUT2D eigenvalue weighted by atomic mass is 127. The number of rotatable bonds is 8. The van der Waals surface area contributed by atoms with Gasteiger partial charge in [-0.1, -0.05) is 13.8 Å². The molecule has 0 aliphatic rings. The quantitative estimate of drug-likeness (QED) is 0.459. The summed E-state index contributed by atoms with van der Waals surface area (Å²) in [6.45, 7) is 4.32. The van der Waals surface area contributed by atoms with Crippen LogP contribution in [0.15, 0.2) is 0 Å². The molecular weight excluding hydrogens is 323 g/mol. The van der Waals surface area contributed by atoms with Crippen LogP contribution in [0.5, 0.6) is 0 Å². The molecule has 0 aromatic heterocycles. The number of carbonyl (C=O) groups excluding carboxylic acids is 1. The van der Waals surface area contributed by atoms with E-state index in [0.717, 1.165) is 0 Å². The highest BCUT2D eigenvalue weighted by Crippen LogP contribution is 2.07. The molecule has 6 heteroatoms. The number of amides is 1. The van der Waals surface area contributed by atoms with Crippen molar-refractivity contribution in [3.63, 3.8) is 0 Å². The third kappa shape index (κ3) is 5.64. The number of carboxylic acids is 1. The van der Waals surface area contributed by atoms with E-state index in [-0.39, 0.29) is 17.9 Å². The predicted octanol–water partition coefficient (Wildman–Crippen LogP) is 1.32. The zero-order valence-corrected chi connectivity index (χ0v) is 11.8. The molecule has 0 aromatic rings. The molecule has 0 rings (SSSR count). The summed E-state index contributed by atoms with van der Waals surface area (Å²) in [6.07, 6.45) is 1.86. The summed E-state index contributed by atoms with van der Waals surface area (Å²) in [5, 5.41) is 11.9. The zero-order chi connectivity index (χ0) is 12.6. The molecule has 1 amide bonds. The van der Waals surface area contributed by atoms with Gasteiger partial charge in [-0.15, -0.1) is 0 Å². The van der Waals surface area contributed by atoms with E-state index in [0.29, 0.717) is 25.8 Å². The lowest BCUT2D eigenvalue weighted by Gasteiger charge is -2.16. The van der Waals surface area contributed by atoms with Crippen molar-refractivity contribution in [2.24, 2.45) is 5.92 Å². The van der Waals surface area contributed by atoms with Crippen LogP contribution in [-0.2, 0) is 9.59 Å². The third-order valence-corrected chi connectivity index (χ3v) is 3.08. The van der Waals surface area contributed by atoms with Gasteiger partial charge in [-0.3, -0.25) is 13.1 Å². The molecule has 0 fully saturated rings. The second kappa shape index (κ2) is 8.74. The Kier molecular flexibility index (Phi) is 8.54. The predicted molar refractivity (Wildman–Crippen MR) is 70.3 cm³/mol. The number of hydrogen-bond donors (Lipinski definition) is 3. The largest absolute Gasteiger partial charge is 0.481 e. The standard InChI is InChI=1S/C10H19IN2O3/c1-3-7(10(15)16)5-6-12-8(4-2)9(14)13-11/h7-8,12H,3-6H2,1-2H3,(H,13,14)(H,15,16). The van der Waals surface area contributed by atoms with Gasteiger partial charge in [-0.05, 0) is 25.8 Å². The minimum atomic E-state index is -0.768. The second-order valence-electron chi connectivity index (χ2n) is 3.61. The van der Waals surface area contributed by atoms with Crippen LogP contribution in [-0.4, -0.2) is 29.6 Å². The number of hydrogen-bond acceptors (Lipinski definition) is 3. The fourth-order valence-corrected chi connectivity index (χ4v) is 1.80. The average Bonchev–Trinajstić information content (AvgIpc) is 2.28. The first-order valence-electron chi connectivity index (χ1n) is 5.43. The third-order valence-electron chi connectivity index (χ3n) is 2.54. The van der Waals surface area contributed by atoms with E-state index < -0.39 is 5.97 Å². The SMILES string of the molecule is CCC(CCNC(CC)C(=O)NI)C(=O)O. The van der Waals surface area contributed by atoms with Crippen molar-refractivity contribution in [3.05, 3.63) is 0 Å². The van der Waals surface area contributed by atoms with Gasteiger partial charge >= 0.3 is 5.97 Å². The second-order valence-corrected chi connectivity index (χ2v) is 4.15. The topological polar surface area (TPSA) is 78.4 Å². The molecule has 2 atom stereocenters. The van der Waals surface area contributed by atoms with Crippen LogP contribution < -0.4 is 8.85 Å². The van der Waals surface area contributed by atoms with Crippen LogP contribution in [0.1, 0.15) is 33.1 Å². The lowest BCUT2D eigenvalue weighted by Crippen LogP contribution is -2.41. The highest BCUT2D eigenvalue weighted by molar-refractivity contribution is 14.1. The lowest BCUT2D eigenvalue weighted by atomic mass is 10.0. The molecule has 3 N–H and O–H groups in total. The van der Waals surface area contributed by atoms with Crippen molar-refractivity contribution in [3.8, 4) is 0 Å². The van der Waals surface area contributed by atoms with E-state index in [9.17, 15) is 9.59 Å². The Morgan fingerprint density at radius 2 is 1.94 bits per heavy atom. The summed E-state index contributed by atoms with van der Waals surface area (Å²) >= 11 is 1.80. The molecule has 0 saturated heterocycles. The molecule has 5 nitrogen and oxygen atoms in total. The molecule has 0 heterocycles. The van der Waals surface area contributed by atoms with Gasteiger partial charge in [0.25, 0.3) is 0 Å². The minimum absolute atomic E-state index is 0.0635. The maximum atomic E-state index is 11.3. The normalized spacial score (nSPS) is 14.2. The van der Waals surface area contributed by atoms with Gasteiger partial charge in [0.1, 0.15) is 0 Å². The Labute approximate surface area is 110 Å². The first-order valence-corrected chi connectivity index (χ1v) is 6.51. The average molecular weight is 342 g/mol. The molecule has 0 aliphatic carbocycles. The molecule has 0 saturated carbocycles. The van der Waals surface area contributed by atoms with Crippen molar-refractivity contribution >= 4 is 34.7 Å². The number of nitrogens with one attached hydrogen (secondary N) is 2. The number of halogens is 1. The smallest absolute Gasteiger partial charge is 0.306 e. The summed E-state index contributed by atoms with van der Waals surface area (Å²) in [7, 11) is 0. The molecule has 0 bridgehead atoms. The van der Waals surface area contributed by atoms with Gasteiger partial charge in [-0.2, -0.15) is 0 Å². The van der Waals surface area contributed by atoms with Gasteiger partial charge in [0.2, 0.25) is 5.91 Å². The minimum Gasteiger partial charge on any atom is -0.481 e. The number of aliphatic carboxylic acids is 1. The van der Waals surface area contributed by atoms with Crippen molar-refractivity contribution in [2.75, 3.05) is 6.54 Å². The number of carboxylic acid groups (broad SMARTS) is 1. The Bertz CT molecular complexity index is 236. The Morgan fingerprint density at radius 1 is 1.31 bits per heavy atom. The van der Waals surface area contributed by atoms with E-state index in [1.807, 2.05) is 13.8 Å². The summed E-state index contributed by atoms with van der Waals surface area (Å²) in [6, 6.07) is -0.233. The van der Waals surface area contributed by atoms with Crippen LogP contribution in [0.4, 0.5) is 0 Å². The summed E-state index contributed by atoms with van der Waals surface area (Å²) in [5.74, 6) is -1.16. The van der Waals surface area contributed by atoms with Gasteiger partial charge in [0.15, 0.2) is 0 Å². The maximum Gasteiger partial charge on any atom is 0.306 e. The number of carbonyl (C=O) groups is 2. The van der Waals surface area contributed by atoms with Gasteiger partial charge in [-0.25, -0.2) is 0 Å². The van der Waals surface area contributed by atoms with E-state index >= 15 is 0 Å². The molecule has 16 heavy (non-hydrogen) atoms. The molecule has 0 spiro atoms. The van der Waals surface area contributed by atoms with E-state index in [4.69, 9.17) is 5.11 Å². The van der Waals surface area contributed by atoms with Gasteiger partial charge in [0, 0.05) is 0 Å². The van der Waals surface area contributed by atoms with Gasteiger partial charge < -0.3 is 10.4 Å². The Morgan fingerprint density at radius 3 is 2.31 bits per heavy atom. The monoisotopic (exact) mass is 342 g/mol. The van der Waals surface area contributed by atoms with Crippen LogP contribution in [0.2, 0.25) is 0 Å². The fourth-order valence-electron chi connectivity index (χ4n) is 1.42. The molecule has 94 valence electrons. The van der Waals surface area contributed by atoms with Crippen LogP contribution in [0, 0.1) is 5.92 Å². The van der Waals surface area contributed by atoms with Crippen molar-refractivity contribution in [1.29, 1.82) is 0 Å². The summed E-state index contributed by atoms with van der Waals surface area (Å²) < 4.78 is 2.54. The van der Waals surface area contributed by atoms with Gasteiger partial charge in [0.05, 0.1) is 34.8 Å². The fraction of sp³-hybridized carbons (Fsp3) is 0.800. The molecule has 2 unspecified atom stereocenters. The molecular formula is C10H19IN2O3. The van der Waals surface area contributed by atoms with Crippen molar-refractivity contribution < 1.29 is 14.7 Å². The first kappa shape index (κ1) is 15.6. The van der Waals surface area contributed by atoms with Crippen LogP contribution in [0.3, 0.4) is 0 Å². The maximum absolute atomic E-state index is 11.3. The molecule has 0 radical (unpaired) electrons. The Hall–Kier alpha value is -0.370. The summed E-state index contributed by atoms with van der Waals surface area (Å²) in [5.41, 5.74) is 0. The molecule has 0 aliphatic heterocycles. The van der Waals surface area contributed by atoms with E-state index in [2.05, 4.69) is 8.85 Å². The van der Waals surface area contributed by atoms with E-state index in [1.165, 1.54) is 0 Å². The summed E-state index contributed by atoms with van der Waals surface area (Å²) in [4.78, 5) is 22.1. The first-order chi connectivity index (χ1) is 7.56. The van der Waals surface area contributed by atoms with Crippen LogP contribution >= 0.6 is 22.9 Å². The van der Waals surface area contributed by atoms with Crippen molar-refractivity contribution in [1.82, 2.24) is 8.85 Å². The molecule has 0 aromatic carbocycles. The van der Waals surface area contributed by atoms with E-state index in [1.54, 1.807) is 22.9 Å². The van der Waals surface area contributed by atoms with Crippen molar-refractivity contribution in [2.45, 2.75) is 39.2 Å². The Balaban J connectivity index is 3.94. The lowest BCUT2D eigenvalue weighted by molar-refractivity contribution is -0.142.